The zero-order valence-corrected chi connectivity index (χ0v) is 12.3. The number of aliphatic carboxylic acids is 1. The molecule has 4 nitrogen and oxygen atoms in total. The minimum Gasteiger partial charge on any atom is -0.491 e. The third kappa shape index (κ3) is 4.34. The molecule has 2 N–H and O–H groups in total. The second kappa shape index (κ2) is 7.29. The second-order valence-corrected chi connectivity index (χ2v) is 5.52. The highest BCUT2D eigenvalue weighted by atomic mass is 19.1. The van der Waals surface area contributed by atoms with Crippen LogP contribution in [0.1, 0.15) is 39.0 Å². The highest BCUT2D eigenvalue weighted by molar-refractivity contribution is 5.70. The monoisotopic (exact) mass is 295 g/mol. The lowest BCUT2D eigenvalue weighted by atomic mass is 9.86. The van der Waals surface area contributed by atoms with Crippen molar-refractivity contribution in [2.75, 3.05) is 11.9 Å². The van der Waals surface area contributed by atoms with Crippen molar-refractivity contribution < 1.29 is 19.0 Å². The molecule has 0 amide bonds. The van der Waals surface area contributed by atoms with Crippen LogP contribution in [0.4, 0.5) is 10.1 Å². The number of rotatable bonds is 6. The third-order valence-electron chi connectivity index (χ3n) is 3.84. The van der Waals surface area contributed by atoms with Gasteiger partial charge in [0.15, 0.2) is 0 Å². The summed E-state index contributed by atoms with van der Waals surface area (Å²) in [4.78, 5) is 10.9. The molecule has 2 rings (SSSR count). The number of carboxylic acids is 1. The summed E-state index contributed by atoms with van der Waals surface area (Å²) >= 11 is 0. The average Bonchev–Trinajstić information content (AvgIpc) is 2.48. The summed E-state index contributed by atoms with van der Waals surface area (Å²) in [5.41, 5.74) is 0.781. The first-order valence-electron chi connectivity index (χ1n) is 7.51. The predicted octanol–water partition coefficient (Wildman–Crippen LogP) is 3.67. The highest BCUT2D eigenvalue weighted by Crippen LogP contribution is 2.31. The Hall–Kier alpha value is -1.78. The molecule has 116 valence electrons. The number of halogens is 1. The Kier molecular flexibility index (Phi) is 5.42. The van der Waals surface area contributed by atoms with Crippen molar-refractivity contribution in [3.63, 3.8) is 0 Å². The van der Waals surface area contributed by atoms with Gasteiger partial charge >= 0.3 is 5.97 Å². The van der Waals surface area contributed by atoms with Crippen LogP contribution >= 0.6 is 0 Å². The van der Waals surface area contributed by atoms with E-state index in [0.717, 1.165) is 24.9 Å². The summed E-state index contributed by atoms with van der Waals surface area (Å²) in [6, 6.07) is 4.70. The molecule has 0 aliphatic heterocycles. The van der Waals surface area contributed by atoms with E-state index in [4.69, 9.17) is 9.84 Å². The Labute approximate surface area is 124 Å². The van der Waals surface area contributed by atoms with Crippen LogP contribution < -0.4 is 10.1 Å². The van der Waals surface area contributed by atoms with Crippen molar-refractivity contribution in [1.82, 2.24) is 0 Å². The summed E-state index contributed by atoms with van der Waals surface area (Å²) in [5.74, 6) is -0.729. The summed E-state index contributed by atoms with van der Waals surface area (Å²) in [6.45, 7) is 2.55. The van der Waals surface area contributed by atoms with Gasteiger partial charge in [-0.05, 0) is 44.2 Å². The number of anilines is 1. The van der Waals surface area contributed by atoms with E-state index in [9.17, 15) is 9.18 Å². The van der Waals surface area contributed by atoms with Crippen LogP contribution in [0, 0.1) is 11.7 Å². The van der Waals surface area contributed by atoms with Gasteiger partial charge in [0.2, 0.25) is 0 Å². The molecule has 21 heavy (non-hydrogen) atoms. The fourth-order valence-electron chi connectivity index (χ4n) is 2.65. The SMILES string of the molecule is CCCOc1cc(F)ccc1NC1CCC(C(=O)O)CC1. The van der Waals surface area contributed by atoms with Gasteiger partial charge in [-0.15, -0.1) is 0 Å². The molecule has 1 fully saturated rings. The molecular formula is C16H22FNO3. The first kappa shape index (κ1) is 15.6. The molecule has 0 spiro atoms. The van der Waals surface area contributed by atoms with Gasteiger partial charge < -0.3 is 15.2 Å². The Balaban J connectivity index is 1.98. The van der Waals surface area contributed by atoms with Gasteiger partial charge in [0.25, 0.3) is 0 Å². The van der Waals surface area contributed by atoms with Crippen molar-refractivity contribution in [2.24, 2.45) is 5.92 Å². The predicted molar refractivity (Wildman–Crippen MR) is 79.2 cm³/mol. The molecule has 0 radical (unpaired) electrons. The topological polar surface area (TPSA) is 58.6 Å². The molecule has 1 aliphatic carbocycles. The van der Waals surface area contributed by atoms with Gasteiger partial charge in [0.05, 0.1) is 18.2 Å². The number of ether oxygens (including phenoxy) is 1. The standard InChI is InChI=1S/C16H22FNO3/c1-2-9-21-15-10-12(17)5-8-14(15)18-13-6-3-11(4-7-13)16(19)20/h5,8,10-11,13,18H,2-4,6-7,9H2,1H3,(H,19,20). The van der Waals surface area contributed by atoms with Gasteiger partial charge in [-0.2, -0.15) is 0 Å². The number of hydrogen-bond donors (Lipinski definition) is 2. The van der Waals surface area contributed by atoms with E-state index in [-0.39, 0.29) is 17.8 Å². The molecule has 0 atom stereocenters. The van der Waals surface area contributed by atoms with Gasteiger partial charge in [-0.3, -0.25) is 4.79 Å². The highest BCUT2D eigenvalue weighted by Gasteiger charge is 2.26. The van der Waals surface area contributed by atoms with Crippen molar-refractivity contribution in [3.05, 3.63) is 24.0 Å². The van der Waals surface area contributed by atoms with E-state index in [0.29, 0.717) is 25.2 Å². The molecule has 1 aliphatic rings. The Bertz CT molecular complexity index is 484. The van der Waals surface area contributed by atoms with E-state index in [1.165, 1.54) is 12.1 Å². The van der Waals surface area contributed by atoms with Gasteiger partial charge in [0.1, 0.15) is 11.6 Å². The Morgan fingerprint density at radius 2 is 2.10 bits per heavy atom. The number of nitrogens with one attached hydrogen (secondary N) is 1. The number of hydrogen-bond acceptors (Lipinski definition) is 3. The van der Waals surface area contributed by atoms with Gasteiger partial charge in [-0.25, -0.2) is 4.39 Å². The maximum atomic E-state index is 13.3. The summed E-state index contributed by atoms with van der Waals surface area (Å²) in [5, 5.41) is 12.4. The largest absolute Gasteiger partial charge is 0.491 e. The molecular weight excluding hydrogens is 273 g/mol. The molecule has 0 heterocycles. The smallest absolute Gasteiger partial charge is 0.306 e. The maximum absolute atomic E-state index is 13.3. The average molecular weight is 295 g/mol. The molecule has 0 unspecified atom stereocenters. The normalized spacial score (nSPS) is 21.8. The van der Waals surface area contributed by atoms with Crippen LogP contribution in [-0.4, -0.2) is 23.7 Å². The van der Waals surface area contributed by atoms with Crippen molar-refractivity contribution >= 4 is 11.7 Å². The van der Waals surface area contributed by atoms with Crippen LogP contribution in [0.3, 0.4) is 0 Å². The summed E-state index contributed by atoms with van der Waals surface area (Å²) in [7, 11) is 0. The van der Waals surface area contributed by atoms with Crippen LogP contribution in [-0.2, 0) is 4.79 Å². The van der Waals surface area contributed by atoms with Gasteiger partial charge in [0, 0.05) is 12.1 Å². The van der Waals surface area contributed by atoms with Crippen LogP contribution in [0.15, 0.2) is 18.2 Å². The fraction of sp³-hybridized carbons (Fsp3) is 0.562. The second-order valence-electron chi connectivity index (χ2n) is 5.52. The quantitative estimate of drug-likeness (QED) is 0.840. The first-order valence-corrected chi connectivity index (χ1v) is 7.51. The first-order chi connectivity index (χ1) is 10.1. The molecule has 0 aromatic heterocycles. The molecule has 1 aromatic carbocycles. The molecule has 1 aromatic rings. The minimum atomic E-state index is -0.706. The van der Waals surface area contributed by atoms with E-state index < -0.39 is 5.97 Å². The van der Waals surface area contributed by atoms with E-state index in [1.54, 1.807) is 6.07 Å². The molecule has 0 bridgehead atoms. The lowest BCUT2D eigenvalue weighted by molar-refractivity contribution is -0.142. The zero-order valence-electron chi connectivity index (χ0n) is 12.3. The van der Waals surface area contributed by atoms with E-state index in [1.807, 2.05) is 6.92 Å². The van der Waals surface area contributed by atoms with Crippen LogP contribution in [0.25, 0.3) is 0 Å². The van der Waals surface area contributed by atoms with Crippen LogP contribution in [0.2, 0.25) is 0 Å². The maximum Gasteiger partial charge on any atom is 0.306 e. The molecule has 0 saturated heterocycles. The summed E-state index contributed by atoms with van der Waals surface area (Å²) < 4.78 is 18.9. The van der Waals surface area contributed by atoms with Crippen LogP contribution in [0.5, 0.6) is 5.75 Å². The van der Waals surface area contributed by atoms with E-state index in [2.05, 4.69) is 5.32 Å². The van der Waals surface area contributed by atoms with Crippen molar-refractivity contribution in [1.29, 1.82) is 0 Å². The lowest BCUT2D eigenvalue weighted by Crippen LogP contribution is -2.29. The van der Waals surface area contributed by atoms with Gasteiger partial charge in [-0.1, -0.05) is 6.92 Å². The minimum absolute atomic E-state index is 0.218. The lowest BCUT2D eigenvalue weighted by Gasteiger charge is -2.28. The summed E-state index contributed by atoms with van der Waals surface area (Å²) in [6.07, 6.45) is 3.83. The van der Waals surface area contributed by atoms with Crippen molar-refractivity contribution in [3.8, 4) is 5.75 Å². The zero-order chi connectivity index (χ0) is 15.2. The van der Waals surface area contributed by atoms with E-state index >= 15 is 0 Å². The van der Waals surface area contributed by atoms with Crippen molar-refractivity contribution in [2.45, 2.75) is 45.1 Å². The fourth-order valence-corrected chi connectivity index (χ4v) is 2.65. The number of carbonyl (C=O) groups is 1. The number of benzene rings is 1. The number of carboxylic acid groups (broad SMARTS) is 1. The Morgan fingerprint density at radius 1 is 1.38 bits per heavy atom. The third-order valence-corrected chi connectivity index (χ3v) is 3.84. The Morgan fingerprint density at radius 3 is 2.71 bits per heavy atom. The molecule has 5 heteroatoms. The molecule has 1 saturated carbocycles.